The smallest absolute Gasteiger partial charge is 0.0724 e. The van der Waals surface area contributed by atoms with Crippen LogP contribution in [0.5, 0.6) is 0 Å². The van der Waals surface area contributed by atoms with Gasteiger partial charge in [-0.2, -0.15) is 0 Å². The zero-order valence-corrected chi connectivity index (χ0v) is 9.31. The van der Waals surface area contributed by atoms with Crippen molar-refractivity contribution in [2.75, 3.05) is 27.3 Å². The van der Waals surface area contributed by atoms with Crippen LogP contribution in [0, 0.1) is 17.8 Å². The summed E-state index contributed by atoms with van der Waals surface area (Å²) in [5.74, 6) is 1.63. The molecule has 2 rings (SSSR count). The summed E-state index contributed by atoms with van der Waals surface area (Å²) in [5.41, 5.74) is 0. The molecule has 1 aliphatic carbocycles. The van der Waals surface area contributed by atoms with Gasteiger partial charge in [-0.3, -0.25) is 0 Å². The number of hydrogen-bond donors (Lipinski definition) is 1. The topological polar surface area (TPSA) is 32.7 Å². The number of likely N-dealkylation sites (N-methyl/N-ethyl adjacent to an activating group) is 1. The van der Waals surface area contributed by atoms with Gasteiger partial charge in [0.15, 0.2) is 0 Å². The van der Waals surface area contributed by atoms with Crippen molar-refractivity contribution in [3.05, 3.63) is 0 Å². The van der Waals surface area contributed by atoms with E-state index in [0.717, 1.165) is 19.6 Å². The zero-order chi connectivity index (χ0) is 10.3. The van der Waals surface area contributed by atoms with E-state index in [1.807, 2.05) is 0 Å². The molecular weight excluding hydrogens is 178 g/mol. The number of aliphatic hydroxyl groups excluding tert-OH is 1. The van der Waals surface area contributed by atoms with Crippen LogP contribution in [0.3, 0.4) is 0 Å². The lowest BCUT2D eigenvalue weighted by molar-refractivity contribution is -0.0341. The predicted molar refractivity (Wildman–Crippen MR) is 55.1 cm³/mol. The van der Waals surface area contributed by atoms with Crippen LogP contribution in [0.4, 0.5) is 0 Å². The van der Waals surface area contributed by atoms with Crippen molar-refractivity contribution in [1.29, 1.82) is 0 Å². The van der Waals surface area contributed by atoms with Gasteiger partial charge < -0.3 is 14.7 Å². The van der Waals surface area contributed by atoms with Crippen molar-refractivity contribution in [2.45, 2.75) is 25.5 Å². The van der Waals surface area contributed by atoms with Gasteiger partial charge in [-0.25, -0.2) is 0 Å². The van der Waals surface area contributed by atoms with Crippen molar-refractivity contribution in [3.63, 3.8) is 0 Å². The fraction of sp³-hybridized carbons (Fsp3) is 1.00. The van der Waals surface area contributed by atoms with E-state index in [9.17, 15) is 5.11 Å². The third kappa shape index (κ3) is 1.58. The van der Waals surface area contributed by atoms with Crippen LogP contribution in [-0.4, -0.2) is 49.5 Å². The Morgan fingerprint density at radius 2 is 2.00 bits per heavy atom. The van der Waals surface area contributed by atoms with Gasteiger partial charge in [0.2, 0.25) is 0 Å². The predicted octanol–water partition coefficient (Wildman–Crippen LogP) is 0.580. The van der Waals surface area contributed by atoms with E-state index in [0.29, 0.717) is 23.8 Å². The van der Waals surface area contributed by atoms with Crippen LogP contribution < -0.4 is 0 Å². The zero-order valence-electron chi connectivity index (χ0n) is 9.31. The second-order valence-corrected chi connectivity index (χ2v) is 5.08. The Labute approximate surface area is 86.0 Å². The van der Waals surface area contributed by atoms with Crippen LogP contribution in [-0.2, 0) is 4.74 Å². The van der Waals surface area contributed by atoms with Gasteiger partial charge in [0.05, 0.1) is 12.7 Å². The highest BCUT2D eigenvalue weighted by atomic mass is 16.5. The Balaban J connectivity index is 2.11. The fourth-order valence-electron chi connectivity index (χ4n) is 3.01. The number of aliphatic hydroxyl groups is 1. The maximum Gasteiger partial charge on any atom is 0.0724 e. The lowest BCUT2D eigenvalue weighted by Gasteiger charge is -2.42. The molecule has 1 saturated carbocycles. The van der Waals surface area contributed by atoms with Crippen molar-refractivity contribution >= 4 is 0 Å². The summed E-state index contributed by atoms with van der Waals surface area (Å²) in [6.07, 6.45) is 0.899. The highest BCUT2D eigenvalue weighted by Gasteiger charge is 2.44. The molecule has 2 aliphatic rings. The Bertz CT molecular complexity index is 205. The lowest BCUT2D eigenvalue weighted by Crippen LogP contribution is -2.51. The van der Waals surface area contributed by atoms with Crippen molar-refractivity contribution in [1.82, 2.24) is 4.90 Å². The van der Waals surface area contributed by atoms with E-state index in [2.05, 4.69) is 25.9 Å². The minimum atomic E-state index is -0.187. The van der Waals surface area contributed by atoms with E-state index >= 15 is 0 Å². The van der Waals surface area contributed by atoms with Gasteiger partial charge in [-0.15, -0.1) is 0 Å². The molecule has 0 aromatic carbocycles. The molecule has 1 N–H and O–H groups in total. The van der Waals surface area contributed by atoms with Crippen LogP contribution in [0.1, 0.15) is 13.3 Å². The summed E-state index contributed by atoms with van der Waals surface area (Å²) in [7, 11) is 4.10. The van der Waals surface area contributed by atoms with E-state index in [1.165, 1.54) is 0 Å². The third-order valence-electron chi connectivity index (χ3n) is 4.06. The Morgan fingerprint density at radius 1 is 1.29 bits per heavy atom. The van der Waals surface area contributed by atoms with E-state index < -0.39 is 0 Å². The van der Waals surface area contributed by atoms with Crippen molar-refractivity contribution in [3.8, 4) is 0 Å². The average molecular weight is 199 g/mol. The summed E-state index contributed by atoms with van der Waals surface area (Å²) in [6, 6.07) is 0.313. The maximum absolute atomic E-state index is 10.2. The normalized spacial score (nSPS) is 48.2. The van der Waals surface area contributed by atoms with Gasteiger partial charge in [0.1, 0.15) is 0 Å². The molecule has 82 valence electrons. The maximum atomic E-state index is 10.2. The summed E-state index contributed by atoms with van der Waals surface area (Å²) in [5, 5.41) is 10.2. The molecule has 0 radical (unpaired) electrons. The summed E-state index contributed by atoms with van der Waals surface area (Å²) >= 11 is 0. The fourth-order valence-corrected chi connectivity index (χ4v) is 3.01. The molecule has 0 bridgehead atoms. The Morgan fingerprint density at radius 3 is 2.64 bits per heavy atom. The number of ether oxygens (including phenoxy) is 1. The Kier molecular flexibility index (Phi) is 2.82. The minimum Gasteiger partial charge on any atom is -0.391 e. The quantitative estimate of drug-likeness (QED) is 0.670. The van der Waals surface area contributed by atoms with Crippen LogP contribution in [0.25, 0.3) is 0 Å². The Hall–Kier alpha value is -0.120. The number of rotatable bonds is 1. The molecule has 1 aliphatic heterocycles. The molecule has 14 heavy (non-hydrogen) atoms. The largest absolute Gasteiger partial charge is 0.391 e. The van der Waals surface area contributed by atoms with Crippen molar-refractivity contribution in [2.24, 2.45) is 17.8 Å². The van der Waals surface area contributed by atoms with Gasteiger partial charge in [-0.1, -0.05) is 6.92 Å². The van der Waals surface area contributed by atoms with E-state index in [4.69, 9.17) is 4.74 Å². The summed E-state index contributed by atoms with van der Waals surface area (Å²) in [6.45, 7) is 3.90. The molecule has 1 heterocycles. The van der Waals surface area contributed by atoms with Gasteiger partial charge in [0.25, 0.3) is 0 Å². The standard InChI is InChI=1S/C11H21NO2/c1-7-9-6-14-5-8(9)4-10(11(7)13)12(2)3/h7-11,13H,4-6H2,1-3H3/t7-,8+,9-,10+,11-/m0/s1. The van der Waals surface area contributed by atoms with Crippen LogP contribution >= 0.6 is 0 Å². The molecule has 0 aromatic rings. The lowest BCUT2D eigenvalue weighted by atomic mass is 9.70. The first kappa shape index (κ1) is 10.4. The molecule has 2 fully saturated rings. The van der Waals surface area contributed by atoms with E-state index in [-0.39, 0.29) is 6.10 Å². The molecule has 0 spiro atoms. The molecule has 3 nitrogen and oxygen atoms in total. The van der Waals surface area contributed by atoms with Crippen LogP contribution in [0.15, 0.2) is 0 Å². The SMILES string of the molecule is C[C@@H]1[C@H](O)[C@H](N(C)C)C[C@@H]2COC[C@H]21. The monoisotopic (exact) mass is 199 g/mol. The number of hydrogen-bond acceptors (Lipinski definition) is 3. The summed E-state index contributed by atoms with van der Waals surface area (Å²) in [4.78, 5) is 2.15. The molecule has 0 amide bonds. The van der Waals surface area contributed by atoms with Gasteiger partial charge in [0, 0.05) is 12.6 Å². The molecule has 3 heteroatoms. The molecule has 5 atom stereocenters. The minimum absolute atomic E-state index is 0.187. The number of fused-ring (bicyclic) bond motifs is 1. The third-order valence-corrected chi connectivity index (χ3v) is 4.06. The summed E-state index contributed by atoms with van der Waals surface area (Å²) < 4.78 is 5.51. The van der Waals surface area contributed by atoms with Gasteiger partial charge in [-0.05, 0) is 38.3 Å². The second kappa shape index (κ2) is 3.80. The highest BCUT2D eigenvalue weighted by Crippen LogP contribution is 2.40. The van der Waals surface area contributed by atoms with Gasteiger partial charge >= 0.3 is 0 Å². The second-order valence-electron chi connectivity index (χ2n) is 5.08. The molecule has 0 unspecified atom stereocenters. The molecule has 0 aromatic heterocycles. The molecule has 1 saturated heterocycles. The molecular formula is C11H21NO2. The van der Waals surface area contributed by atoms with Crippen LogP contribution in [0.2, 0.25) is 0 Å². The highest BCUT2D eigenvalue weighted by molar-refractivity contribution is 4.95. The first-order valence-electron chi connectivity index (χ1n) is 5.53. The number of nitrogens with zero attached hydrogens (tertiary/aromatic N) is 1. The average Bonchev–Trinajstić information content (AvgIpc) is 2.58. The first-order valence-corrected chi connectivity index (χ1v) is 5.53. The van der Waals surface area contributed by atoms with Crippen molar-refractivity contribution < 1.29 is 9.84 Å². The first-order chi connectivity index (χ1) is 6.61. The van der Waals surface area contributed by atoms with E-state index in [1.54, 1.807) is 0 Å².